The zero-order valence-electron chi connectivity index (χ0n) is 7.30. The lowest BCUT2D eigenvalue weighted by Gasteiger charge is -2.27. The molecule has 66 valence electrons. The van der Waals surface area contributed by atoms with Crippen LogP contribution in [0.2, 0.25) is 0 Å². The Morgan fingerprint density at radius 1 is 1.25 bits per heavy atom. The number of nitrogens with two attached hydrogens (primary N) is 1. The van der Waals surface area contributed by atoms with E-state index < -0.39 is 5.66 Å². The molecule has 0 fully saturated rings. The van der Waals surface area contributed by atoms with Crippen molar-refractivity contribution in [1.82, 2.24) is 5.32 Å². The third-order valence-electron chi connectivity index (χ3n) is 1.86. The maximum Gasteiger partial charge on any atom is 0.0679 e. The highest BCUT2D eigenvalue weighted by Gasteiger charge is 2.20. The minimum absolute atomic E-state index is 0.419. The monoisotopic (exact) mass is 166 g/mol. The van der Waals surface area contributed by atoms with Gasteiger partial charge in [-0.05, 0) is 19.9 Å². The Kier molecular flexibility index (Phi) is 5.03. The van der Waals surface area contributed by atoms with Gasteiger partial charge in [-0.2, -0.15) is 10.5 Å². The topological polar surface area (TPSA) is 85.6 Å². The van der Waals surface area contributed by atoms with E-state index in [1.807, 2.05) is 12.1 Å². The molecule has 0 radical (unpaired) electrons. The van der Waals surface area contributed by atoms with Crippen molar-refractivity contribution in [2.45, 2.75) is 31.3 Å². The summed E-state index contributed by atoms with van der Waals surface area (Å²) >= 11 is 0. The summed E-state index contributed by atoms with van der Waals surface area (Å²) < 4.78 is 0. The van der Waals surface area contributed by atoms with Gasteiger partial charge < -0.3 is 11.1 Å². The minimum atomic E-state index is -0.550. The summed E-state index contributed by atoms with van der Waals surface area (Å²) in [7, 11) is 1.74. The largest absolute Gasteiger partial charge is 0.313 e. The van der Waals surface area contributed by atoms with E-state index in [1.54, 1.807) is 7.05 Å². The Hall–Kier alpha value is -1.10. The standard InChI is InChI=1S/C8H14N4/c1-12-8(11,4-2-6-9)5-3-7-10/h12H,2-5,11H2,1H3. The summed E-state index contributed by atoms with van der Waals surface area (Å²) in [6, 6.07) is 4.06. The maximum atomic E-state index is 8.35. The van der Waals surface area contributed by atoms with E-state index in [0.717, 1.165) is 0 Å². The average Bonchev–Trinajstić information content (AvgIpc) is 2.11. The van der Waals surface area contributed by atoms with E-state index in [1.165, 1.54) is 0 Å². The Bertz CT molecular complexity index is 180. The number of hydrogen-bond acceptors (Lipinski definition) is 4. The van der Waals surface area contributed by atoms with Crippen LogP contribution in [0.4, 0.5) is 0 Å². The first-order valence-electron chi connectivity index (χ1n) is 3.90. The maximum absolute atomic E-state index is 8.35. The molecule has 0 aliphatic carbocycles. The quantitative estimate of drug-likeness (QED) is 0.581. The molecule has 4 nitrogen and oxygen atoms in total. The molecule has 4 heteroatoms. The summed E-state index contributed by atoms with van der Waals surface area (Å²) in [4.78, 5) is 0. The average molecular weight is 166 g/mol. The summed E-state index contributed by atoms with van der Waals surface area (Å²) in [6.45, 7) is 0. The van der Waals surface area contributed by atoms with E-state index in [0.29, 0.717) is 25.7 Å². The van der Waals surface area contributed by atoms with E-state index in [2.05, 4.69) is 5.32 Å². The Labute approximate surface area is 73.0 Å². The Morgan fingerprint density at radius 3 is 1.92 bits per heavy atom. The number of nitrogens with one attached hydrogen (secondary N) is 1. The smallest absolute Gasteiger partial charge is 0.0679 e. The van der Waals surface area contributed by atoms with Gasteiger partial charge in [0.1, 0.15) is 0 Å². The van der Waals surface area contributed by atoms with Crippen LogP contribution < -0.4 is 11.1 Å². The van der Waals surface area contributed by atoms with Gasteiger partial charge in [-0.1, -0.05) is 0 Å². The fraction of sp³-hybridized carbons (Fsp3) is 0.750. The first-order valence-corrected chi connectivity index (χ1v) is 3.90. The van der Waals surface area contributed by atoms with Gasteiger partial charge in [0.05, 0.1) is 17.8 Å². The zero-order chi connectivity index (χ0) is 9.45. The predicted molar refractivity (Wildman–Crippen MR) is 45.7 cm³/mol. The molecule has 3 N–H and O–H groups in total. The molecule has 0 aromatic rings. The Morgan fingerprint density at radius 2 is 1.67 bits per heavy atom. The molecule has 0 aromatic carbocycles. The SMILES string of the molecule is CNC(N)(CCC#N)CCC#N. The zero-order valence-corrected chi connectivity index (χ0v) is 7.30. The van der Waals surface area contributed by atoms with Crippen molar-refractivity contribution in [1.29, 1.82) is 10.5 Å². The highest BCUT2D eigenvalue weighted by atomic mass is 15.1. The van der Waals surface area contributed by atoms with Gasteiger partial charge >= 0.3 is 0 Å². The van der Waals surface area contributed by atoms with Crippen molar-refractivity contribution in [2.24, 2.45) is 5.73 Å². The van der Waals surface area contributed by atoms with Crippen LogP contribution in [-0.2, 0) is 0 Å². The van der Waals surface area contributed by atoms with Crippen molar-refractivity contribution in [2.75, 3.05) is 7.05 Å². The second-order valence-electron chi connectivity index (χ2n) is 2.72. The molecule has 0 saturated heterocycles. The number of nitriles is 2. The summed E-state index contributed by atoms with van der Waals surface area (Å²) in [6.07, 6.45) is 2.01. The van der Waals surface area contributed by atoms with Gasteiger partial charge in [-0.3, -0.25) is 0 Å². The van der Waals surface area contributed by atoms with Gasteiger partial charge in [-0.15, -0.1) is 0 Å². The van der Waals surface area contributed by atoms with E-state index >= 15 is 0 Å². The Balaban J connectivity index is 3.90. The highest BCUT2D eigenvalue weighted by Crippen LogP contribution is 2.11. The first-order chi connectivity index (χ1) is 5.68. The summed E-state index contributed by atoms with van der Waals surface area (Å²) in [5.41, 5.74) is 5.31. The van der Waals surface area contributed by atoms with Gasteiger partial charge in [0, 0.05) is 12.8 Å². The van der Waals surface area contributed by atoms with Gasteiger partial charge in [-0.25, -0.2) is 0 Å². The van der Waals surface area contributed by atoms with Crippen molar-refractivity contribution in [3.63, 3.8) is 0 Å². The lowest BCUT2D eigenvalue weighted by atomic mass is 10.00. The van der Waals surface area contributed by atoms with Crippen LogP contribution in [-0.4, -0.2) is 12.7 Å². The van der Waals surface area contributed by atoms with Crippen molar-refractivity contribution in [3.8, 4) is 12.1 Å². The van der Waals surface area contributed by atoms with Gasteiger partial charge in [0.25, 0.3) is 0 Å². The van der Waals surface area contributed by atoms with Crippen LogP contribution in [0, 0.1) is 22.7 Å². The molecule has 0 bridgehead atoms. The minimum Gasteiger partial charge on any atom is -0.313 e. The van der Waals surface area contributed by atoms with Crippen LogP contribution in [0.3, 0.4) is 0 Å². The second-order valence-corrected chi connectivity index (χ2v) is 2.72. The van der Waals surface area contributed by atoms with Crippen LogP contribution in [0.15, 0.2) is 0 Å². The lowest BCUT2D eigenvalue weighted by molar-refractivity contribution is 0.318. The molecular weight excluding hydrogens is 152 g/mol. The van der Waals surface area contributed by atoms with Gasteiger partial charge in [0.2, 0.25) is 0 Å². The molecule has 0 heterocycles. The summed E-state index contributed by atoms with van der Waals surface area (Å²) in [5.74, 6) is 0. The van der Waals surface area contributed by atoms with Gasteiger partial charge in [0.15, 0.2) is 0 Å². The van der Waals surface area contributed by atoms with E-state index in [4.69, 9.17) is 16.3 Å². The third-order valence-corrected chi connectivity index (χ3v) is 1.86. The number of nitrogens with zero attached hydrogens (tertiary/aromatic N) is 2. The molecule has 0 unspecified atom stereocenters. The summed E-state index contributed by atoms with van der Waals surface area (Å²) in [5, 5.41) is 19.6. The van der Waals surface area contributed by atoms with E-state index in [-0.39, 0.29) is 0 Å². The molecule has 0 amide bonds. The van der Waals surface area contributed by atoms with Crippen molar-refractivity contribution in [3.05, 3.63) is 0 Å². The third kappa shape index (κ3) is 3.92. The molecule has 0 atom stereocenters. The lowest BCUT2D eigenvalue weighted by Crippen LogP contribution is -2.51. The predicted octanol–water partition coefficient (Wildman–Crippen LogP) is 0.468. The second kappa shape index (κ2) is 5.54. The number of rotatable bonds is 5. The molecule has 0 aliphatic heterocycles. The fourth-order valence-corrected chi connectivity index (χ4v) is 0.933. The molecule has 0 aliphatic rings. The van der Waals surface area contributed by atoms with E-state index in [9.17, 15) is 0 Å². The molecular formula is C8H14N4. The van der Waals surface area contributed by atoms with Crippen LogP contribution in [0.25, 0.3) is 0 Å². The molecule has 0 spiro atoms. The first kappa shape index (κ1) is 10.9. The molecule has 12 heavy (non-hydrogen) atoms. The van der Waals surface area contributed by atoms with Crippen molar-refractivity contribution >= 4 is 0 Å². The van der Waals surface area contributed by atoms with Crippen LogP contribution in [0.5, 0.6) is 0 Å². The van der Waals surface area contributed by atoms with Crippen LogP contribution >= 0.6 is 0 Å². The number of hydrogen-bond donors (Lipinski definition) is 2. The highest BCUT2D eigenvalue weighted by molar-refractivity contribution is 4.87. The normalized spacial score (nSPS) is 10.3. The molecule has 0 rings (SSSR count). The van der Waals surface area contributed by atoms with Crippen LogP contribution in [0.1, 0.15) is 25.7 Å². The fourth-order valence-electron chi connectivity index (χ4n) is 0.933. The molecule has 0 saturated carbocycles. The molecule has 0 aromatic heterocycles. The van der Waals surface area contributed by atoms with Crippen molar-refractivity contribution < 1.29 is 0 Å².